The van der Waals surface area contributed by atoms with Crippen LogP contribution in [0, 0.1) is 0 Å². The van der Waals surface area contributed by atoms with E-state index in [1.807, 2.05) is 65.7 Å². The van der Waals surface area contributed by atoms with Gasteiger partial charge in [0.05, 0.1) is 12.6 Å². The topological polar surface area (TPSA) is 67.6 Å². The van der Waals surface area contributed by atoms with Crippen LogP contribution >= 0.6 is 0 Å². The van der Waals surface area contributed by atoms with Crippen molar-refractivity contribution in [3.63, 3.8) is 0 Å². The summed E-state index contributed by atoms with van der Waals surface area (Å²) < 4.78 is 0. The Morgan fingerprint density at radius 1 is 1.21 bits per heavy atom. The van der Waals surface area contributed by atoms with Crippen LogP contribution in [0.1, 0.15) is 30.6 Å². The van der Waals surface area contributed by atoms with Gasteiger partial charge in [-0.1, -0.05) is 60.7 Å². The number of carbonyl (C=O) groups excluding carboxylic acids is 1. The van der Waals surface area contributed by atoms with Gasteiger partial charge in [-0.2, -0.15) is 5.06 Å². The highest BCUT2D eigenvalue weighted by Crippen LogP contribution is 2.33. The van der Waals surface area contributed by atoms with Crippen molar-refractivity contribution in [3.8, 4) is 0 Å². The Morgan fingerprint density at radius 2 is 1.83 bits per heavy atom. The lowest BCUT2D eigenvalue weighted by atomic mass is 10.1. The normalized spacial score (nSPS) is 22.2. The number of nitrogens with zero attached hydrogens (tertiary/aromatic N) is 1. The molecule has 1 aliphatic rings. The van der Waals surface area contributed by atoms with Crippen LogP contribution in [0.5, 0.6) is 0 Å². The Labute approximate surface area is 142 Å². The fourth-order valence-corrected chi connectivity index (χ4v) is 2.80. The molecule has 24 heavy (non-hydrogen) atoms. The van der Waals surface area contributed by atoms with Crippen LogP contribution in [-0.2, 0) is 16.2 Å². The number of nitrogens with two attached hydrogens (primary N) is 1. The standard InChI is InChI=1S/C19H23N3O2/c1-14(20)19(23)21-18-12-17(16-10-6-3-7-11-16)24-22(18)13-15-8-4-2-5-9-15/h2-11,14,17-18H,12-13,20H2,1H3,(H,21,23)/t14-,17+,18+/m0/s1. The number of rotatable bonds is 5. The number of nitrogens with one attached hydrogen (secondary N) is 1. The van der Waals surface area contributed by atoms with Crippen LogP contribution in [-0.4, -0.2) is 23.2 Å². The minimum Gasteiger partial charge on any atom is -0.337 e. The van der Waals surface area contributed by atoms with Crippen molar-refractivity contribution in [3.05, 3.63) is 71.8 Å². The largest absolute Gasteiger partial charge is 0.337 e. The van der Waals surface area contributed by atoms with E-state index < -0.39 is 6.04 Å². The zero-order valence-corrected chi connectivity index (χ0v) is 13.8. The van der Waals surface area contributed by atoms with E-state index >= 15 is 0 Å². The van der Waals surface area contributed by atoms with Crippen LogP contribution < -0.4 is 11.1 Å². The first-order valence-electron chi connectivity index (χ1n) is 8.21. The van der Waals surface area contributed by atoms with Crippen molar-refractivity contribution in [2.75, 3.05) is 0 Å². The summed E-state index contributed by atoms with van der Waals surface area (Å²) in [7, 11) is 0. The molecule has 2 aromatic carbocycles. The first-order chi connectivity index (χ1) is 11.6. The van der Waals surface area contributed by atoms with Gasteiger partial charge >= 0.3 is 0 Å². The van der Waals surface area contributed by atoms with Crippen molar-refractivity contribution >= 4 is 5.91 Å². The third-order valence-corrected chi connectivity index (χ3v) is 4.12. The molecule has 0 spiro atoms. The number of amides is 1. The van der Waals surface area contributed by atoms with Gasteiger partial charge in [-0.15, -0.1) is 0 Å². The molecule has 0 radical (unpaired) electrons. The van der Waals surface area contributed by atoms with Gasteiger partial charge < -0.3 is 11.1 Å². The van der Waals surface area contributed by atoms with Gasteiger partial charge in [-0.3, -0.25) is 9.63 Å². The molecule has 1 aliphatic heterocycles. The number of hydroxylamine groups is 2. The maximum Gasteiger partial charge on any atom is 0.237 e. The van der Waals surface area contributed by atoms with Crippen molar-refractivity contribution in [2.45, 2.75) is 38.2 Å². The van der Waals surface area contributed by atoms with Crippen LogP contribution in [0.3, 0.4) is 0 Å². The van der Waals surface area contributed by atoms with E-state index in [0.717, 1.165) is 11.1 Å². The summed E-state index contributed by atoms with van der Waals surface area (Å²) in [4.78, 5) is 18.1. The molecule has 3 N–H and O–H groups in total. The first kappa shape index (κ1) is 16.6. The van der Waals surface area contributed by atoms with Gasteiger partial charge in [-0.05, 0) is 18.1 Å². The van der Waals surface area contributed by atoms with Crippen LogP contribution in [0.15, 0.2) is 60.7 Å². The van der Waals surface area contributed by atoms with E-state index in [0.29, 0.717) is 13.0 Å². The molecule has 126 valence electrons. The van der Waals surface area contributed by atoms with E-state index in [2.05, 4.69) is 5.32 Å². The highest BCUT2D eigenvalue weighted by Gasteiger charge is 2.35. The fourth-order valence-electron chi connectivity index (χ4n) is 2.80. The number of hydrogen-bond donors (Lipinski definition) is 2. The average Bonchev–Trinajstić information content (AvgIpc) is 2.99. The molecule has 1 saturated heterocycles. The van der Waals surface area contributed by atoms with Gasteiger partial charge in [0, 0.05) is 6.42 Å². The molecule has 0 bridgehead atoms. The SMILES string of the molecule is C[C@H](N)C(=O)N[C@H]1C[C@H](c2ccccc2)ON1Cc1ccccc1. The molecule has 3 rings (SSSR count). The average molecular weight is 325 g/mol. The van der Waals surface area contributed by atoms with E-state index in [1.54, 1.807) is 6.92 Å². The minimum absolute atomic E-state index is 0.0757. The van der Waals surface area contributed by atoms with Gasteiger partial charge in [0.15, 0.2) is 0 Å². The quantitative estimate of drug-likeness (QED) is 0.885. The van der Waals surface area contributed by atoms with Crippen molar-refractivity contribution in [1.29, 1.82) is 0 Å². The number of carbonyl (C=O) groups is 1. The molecule has 0 aromatic heterocycles. The lowest BCUT2D eigenvalue weighted by Crippen LogP contribution is -2.48. The molecule has 1 heterocycles. The second-order valence-corrected chi connectivity index (χ2v) is 6.11. The second kappa shape index (κ2) is 7.57. The first-order valence-corrected chi connectivity index (χ1v) is 8.21. The molecule has 2 aromatic rings. The predicted molar refractivity (Wildman–Crippen MR) is 92.5 cm³/mol. The lowest BCUT2D eigenvalue weighted by Gasteiger charge is -2.24. The summed E-state index contributed by atoms with van der Waals surface area (Å²) >= 11 is 0. The molecule has 0 unspecified atom stereocenters. The predicted octanol–water partition coefficient (Wildman–Crippen LogP) is 2.35. The molecule has 5 nitrogen and oxygen atoms in total. The molecular weight excluding hydrogens is 302 g/mol. The summed E-state index contributed by atoms with van der Waals surface area (Å²) in [5, 5.41) is 4.83. The van der Waals surface area contributed by atoms with E-state index in [4.69, 9.17) is 10.6 Å². The Hall–Kier alpha value is -2.21. The molecule has 3 atom stereocenters. The van der Waals surface area contributed by atoms with E-state index in [-0.39, 0.29) is 18.2 Å². The van der Waals surface area contributed by atoms with Gasteiger partial charge in [0.2, 0.25) is 5.91 Å². The third-order valence-electron chi connectivity index (χ3n) is 4.12. The van der Waals surface area contributed by atoms with Gasteiger partial charge in [0.1, 0.15) is 12.3 Å². The van der Waals surface area contributed by atoms with Crippen LogP contribution in [0.4, 0.5) is 0 Å². The molecule has 0 aliphatic carbocycles. The highest BCUT2D eigenvalue weighted by molar-refractivity contribution is 5.81. The van der Waals surface area contributed by atoms with Crippen molar-refractivity contribution < 1.29 is 9.63 Å². The lowest BCUT2D eigenvalue weighted by molar-refractivity contribution is -0.177. The van der Waals surface area contributed by atoms with Gasteiger partial charge in [-0.25, -0.2) is 0 Å². The summed E-state index contributed by atoms with van der Waals surface area (Å²) in [6, 6.07) is 19.6. The Kier molecular flexibility index (Phi) is 5.25. The monoisotopic (exact) mass is 325 g/mol. The Balaban J connectivity index is 1.76. The molecule has 5 heteroatoms. The third kappa shape index (κ3) is 4.00. The summed E-state index contributed by atoms with van der Waals surface area (Å²) in [5.41, 5.74) is 7.92. The summed E-state index contributed by atoms with van der Waals surface area (Å²) in [5.74, 6) is -0.171. The molecule has 1 amide bonds. The highest BCUT2D eigenvalue weighted by atomic mass is 16.7. The maximum absolute atomic E-state index is 12.0. The molecule has 1 fully saturated rings. The smallest absolute Gasteiger partial charge is 0.237 e. The van der Waals surface area contributed by atoms with Crippen molar-refractivity contribution in [2.24, 2.45) is 5.73 Å². The number of benzene rings is 2. The molecular formula is C19H23N3O2. The Morgan fingerprint density at radius 3 is 2.46 bits per heavy atom. The van der Waals surface area contributed by atoms with E-state index in [1.165, 1.54) is 0 Å². The summed E-state index contributed by atoms with van der Waals surface area (Å²) in [6.45, 7) is 2.29. The van der Waals surface area contributed by atoms with Crippen molar-refractivity contribution in [1.82, 2.24) is 10.4 Å². The van der Waals surface area contributed by atoms with E-state index in [9.17, 15) is 4.79 Å². The maximum atomic E-state index is 12.0. The summed E-state index contributed by atoms with van der Waals surface area (Å²) in [6.07, 6.45) is 0.414. The van der Waals surface area contributed by atoms with Crippen LogP contribution in [0.2, 0.25) is 0 Å². The number of hydrogen-bond acceptors (Lipinski definition) is 4. The molecule has 0 saturated carbocycles. The fraction of sp³-hybridized carbons (Fsp3) is 0.316. The minimum atomic E-state index is -0.542. The zero-order valence-electron chi connectivity index (χ0n) is 13.8. The zero-order chi connectivity index (χ0) is 16.9. The van der Waals surface area contributed by atoms with Crippen LogP contribution in [0.25, 0.3) is 0 Å². The second-order valence-electron chi connectivity index (χ2n) is 6.11. The van der Waals surface area contributed by atoms with Gasteiger partial charge in [0.25, 0.3) is 0 Å². The Bertz CT molecular complexity index is 661.